The molecule has 1 heterocycles. The van der Waals surface area contributed by atoms with E-state index in [4.69, 9.17) is 5.73 Å². The van der Waals surface area contributed by atoms with Gasteiger partial charge in [0.15, 0.2) is 0 Å². The normalized spacial score (nSPS) is 11.1. The highest BCUT2D eigenvalue weighted by atomic mass is 32.2. The SMILES string of the molecule is NCc1cn(CCSc2ccccc2)c2ccccc12. The van der Waals surface area contributed by atoms with E-state index in [0.717, 1.165) is 12.3 Å². The molecule has 0 aliphatic carbocycles. The molecule has 0 bridgehead atoms. The highest BCUT2D eigenvalue weighted by Crippen LogP contribution is 2.23. The zero-order valence-electron chi connectivity index (χ0n) is 11.3. The van der Waals surface area contributed by atoms with Crippen molar-refractivity contribution in [1.29, 1.82) is 0 Å². The third-order valence-corrected chi connectivity index (χ3v) is 4.43. The first-order valence-corrected chi connectivity index (χ1v) is 7.81. The van der Waals surface area contributed by atoms with E-state index in [2.05, 4.69) is 65.4 Å². The van der Waals surface area contributed by atoms with Crippen LogP contribution in [0.1, 0.15) is 5.56 Å². The Labute approximate surface area is 123 Å². The Kier molecular flexibility index (Phi) is 4.09. The molecule has 0 aliphatic rings. The van der Waals surface area contributed by atoms with Crippen LogP contribution in [0.25, 0.3) is 10.9 Å². The Morgan fingerprint density at radius 2 is 1.70 bits per heavy atom. The molecule has 0 unspecified atom stereocenters. The summed E-state index contributed by atoms with van der Waals surface area (Å²) in [4.78, 5) is 1.32. The molecule has 0 spiro atoms. The molecule has 2 aromatic carbocycles. The van der Waals surface area contributed by atoms with Crippen LogP contribution in [0.4, 0.5) is 0 Å². The van der Waals surface area contributed by atoms with E-state index >= 15 is 0 Å². The second kappa shape index (κ2) is 6.16. The zero-order valence-corrected chi connectivity index (χ0v) is 12.1. The molecule has 1 aromatic heterocycles. The molecule has 3 heteroatoms. The first-order valence-electron chi connectivity index (χ1n) is 6.83. The van der Waals surface area contributed by atoms with Crippen LogP contribution in [0, 0.1) is 0 Å². The van der Waals surface area contributed by atoms with Gasteiger partial charge in [-0.15, -0.1) is 11.8 Å². The quantitative estimate of drug-likeness (QED) is 0.720. The fraction of sp³-hybridized carbons (Fsp3) is 0.176. The summed E-state index contributed by atoms with van der Waals surface area (Å²) < 4.78 is 2.31. The zero-order chi connectivity index (χ0) is 13.8. The highest BCUT2D eigenvalue weighted by molar-refractivity contribution is 7.99. The van der Waals surface area contributed by atoms with Gasteiger partial charge in [-0.05, 0) is 23.8 Å². The van der Waals surface area contributed by atoms with Gasteiger partial charge in [0.25, 0.3) is 0 Å². The maximum Gasteiger partial charge on any atom is 0.0483 e. The summed E-state index contributed by atoms with van der Waals surface area (Å²) in [6, 6.07) is 19.0. The lowest BCUT2D eigenvalue weighted by atomic mass is 10.2. The van der Waals surface area contributed by atoms with Crippen molar-refractivity contribution in [3.63, 3.8) is 0 Å². The van der Waals surface area contributed by atoms with Crippen LogP contribution < -0.4 is 5.73 Å². The molecule has 0 saturated heterocycles. The minimum Gasteiger partial charge on any atom is -0.346 e. The van der Waals surface area contributed by atoms with Gasteiger partial charge in [-0.1, -0.05) is 36.4 Å². The van der Waals surface area contributed by atoms with Gasteiger partial charge in [0, 0.05) is 40.8 Å². The van der Waals surface area contributed by atoms with Gasteiger partial charge < -0.3 is 10.3 Å². The first-order chi connectivity index (χ1) is 9.88. The number of aromatic nitrogens is 1. The smallest absolute Gasteiger partial charge is 0.0483 e. The van der Waals surface area contributed by atoms with E-state index in [1.54, 1.807) is 0 Å². The Bertz CT molecular complexity index is 689. The van der Waals surface area contributed by atoms with Crippen LogP contribution in [0.3, 0.4) is 0 Å². The van der Waals surface area contributed by atoms with Crippen LogP contribution in [-0.2, 0) is 13.1 Å². The summed E-state index contributed by atoms with van der Waals surface area (Å²) in [6.45, 7) is 1.60. The predicted octanol–water partition coefficient (Wildman–Crippen LogP) is 3.89. The largest absolute Gasteiger partial charge is 0.346 e. The fourth-order valence-electron chi connectivity index (χ4n) is 2.45. The minimum atomic E-state index is 0.597. The molecule has 0 radical (unpaired) electrons. The molecule has 0 aliphatic heterocycles. The standard InChI is InChI=1S/C17H18N2S/c18-12-14-13-19(17-9-5-4-8-16(14)17)10-11-20-15-6-2-1-3-7-15/h1-9,13H,10-12,18H2. The van der Waals surface area contributed by atoms with Crippen LogP contribution in [0.5, 0.6) is 0 Å². The number of nitrogens with two attached hydrogens (primary N) is 1. The van der Waals surface area contributed by atoms with Crippen molar-refractivity contribution in [2.24, 2.45) is 5.73 Å². The first kappa shape index (κ1) is 13.3. The summed E-state index contributed by atoms with van der Waals surface area (Å²) in [6.07, 6.45) is 2.19. The predicted molar refractivity (Wildman–Crippen MR) is 87.0 cm³/mol. The second-order valence-corrected chi connectivity index (χ2v) is 5.90. The van der Waals surface area contributed by atoms with Crippen LogP contribution in [-0.4, -0.2) is 10.3 Å². The topological polar surface area (TPSA) is 30.9 Å². The molecule has 2 nitrogen and oxygen atoms in total. The monoisotopic (exact) mass is 282 g/mol. The van der Waals surface area contributed by atoms with Crippen molar-refractivity contribution in [3.8, 4) is 0 Å². The molecule has 0 atom stereocenters. The maximum absolute atomic E-state index is 5.83. The lowest BCUT2D eigenvalue weighted by molar-refractivity contribution is 0.801. The fourth-order valence-corrected chi connectivity index (χ4v) is 3.32. The van der Waals surface area contributed by atoms with Gasteiger partial charge in [0.1, 0.15) is 0 Å². The molecule has 2 N–H and O–H groups in total. The average molecular weight is 282 g/mol. The number of para-hydroxylation sites is 1. The number of hydrogen-bond donors (Lipinski definition) is 1. The van der Waals surface area contributed by atoms with E-state index < -0.39 is 0 Å². The van der Waals surface area contributed by atoms with Crippen LogP contribution >= 0.6 is 11.8 Å². The van der Waals surface area contributed by atoms with E-state index in [-0.39, 0.29) is 0 Å². The number of thioether (sulfide) groups is 1. The summed E-state index contributed by atoms with van der Waals surface area (Å²) in [5.74, 6) is 1.06. The third kappa shape index (κ3) is 2.74. The van der Waals surface area contributed by atoms with Gasteiger partial charge in [0.05, 0.1) is 0 Å². The van der Waals surface area contributed by atoms with Gasteiger partial charge >= 0.3 is 0 Å². The highest BCUT2D eigenvalue weighted by Gasteiger charge is 2.06. The molecule has 102 valence electrons. The number of nitrogens with zero attached hydrogens (tertiary/aromatic N) is 1. The summed E-state index contributed by atoms with van der Waals surface area (Å²) in [5.41, 5.74) is 8.34. The van der Waals surface area contributed by atoms with Gasteiger partial charge in [-0.25, -0.2) is 0 Å². The third-order valence-electron chi connectivity index (χ3n) is 3.44. The van der Waals surface area contributed by atoms with E-state index in [1.165, 1.54) is 21.4 Å². The Balaban J connectivity index is 1.74. The van der Waals surface area contributed by atoms with E-state index in [1.807, 2.05) is 11.8 Å². The Morgan fingerprint density at radius 3 is 2.50 bits per heavy atom. The van der Waals surface area contributed by atoms with Crippen molar-refractivity contribution in [2.45, 2.75) is 18.0 Å². The molecular formula is C17H18N2S. The Morgan fingerprint density at radius 1 is 0.950 bits per heavy atom. The lowest BCUT2D eigenvalue weighted by Crippen LogP contribution is -1.99. The summed E-state index contributed by atoms with van der Waals surface area (Å²) in [5, 5.41) is 1.28. The van der Waals surface area contributed by atoms with E-state index in [0.29, 0.717) is 6.54 Å². The molecule has 3 rings (SSSR count). The lowest BCUT2D eigenvalue weighted by Gasteiger charge is -2.05. The van der Waals surface area contributed by atoms with Crippen molar-refractivity contribution < 1.29 is 0 Å². The number of aryl methyl sites for hydroxylation is 1. The van der Waals surface area contributed by atoms with Crippen LogP contribution in [0.15, 0.2) is 65.7 Å². The molecular weight excluding hydrogens is 264 g/mol. The molecule has 0 saturated carbocycles. The van der Waals surface area contributed by atoms with E-state index in [9.17, 15) is 0 Å². The van der Waals surface area contributed by atoms with Gasteiger partial charge in [0.2, 0.25) is 0 Å². The van der Waals surface area contributed by atoms with Crippen molar-refractivity contribution >= 4 is 22.7 Å². The Hall–Kier alpha value is -1.71. The minimum absolute atomic E-state index is 0.597. The molecule has 0 fully saturated rings. The number of benzene rings is 2. The number of fused-ring (bicyclic) bond motifs is 1. The summed E-state index contributed by atoms with van der Waals surface area (Å²) >= 11 is 1.89. The molecule has 3 aromatic rings. The number of rotatable bonds is 5. The second-order valence-electron chi connectivity index (χ2n) is 4.73. The van der Waals surface area contributed by atoms with Crippen molar-refractivity contribution in [1.82, 2.24) is 4.57 Å². The average Bonchev–Trinajstić information content (AvgIpc) is 2.87. The maximum atomic E-state index is 5.83. The van der Waals surface area contributed by atoms with Gasteiger partial charge in [-0.2, -0.15) is 0 Å². The number of hydrogen-bond acceptors (Lipinski definition) is 2. The van der Waals surface area contributed by atoms with Gasteiger partial charge in [-0.3, -0.25) is 0 Å². The molecule has 20 heavy (non-hydrogen) atoms. The van der Waals surface area contributed by atoms with Crippen LogP contribution in [0.2, 0.25) is 0 Å². The summed E-state index contributed by atoms with van der Waals surface area (Å²) in [7, 11) is 0. The van der Waals surface area contributed by atoms with Crippen molar-refractivity contribution in [2.75, 3.05) is 5.75 Å². The molecule has 0 amide bonds. The van der Waals surface area contributed by atoms with Crippen molar-refractivity contribution in [3.05, 3.63) is 66.4 Å².